The van der Waals surface area contributed by atoms with Gasteiger partial charge in [0.15, 0.2) is 0 Å². The van der Waals surface area contributed by atoms with E-state index in [0.29, 0.717) is 0 Å². The lowest BCUT2D eigenvalue weighted by molar-refractivity contribution is 1.04. The van der Waals surface area contributed by atoms with Crippen LogP contribution in [0.1, 0.15) is 5.69 Å². The quantitative estimate of drug-likeness (QED) is 0.512. The van der Waals surface area contributed by atoms with Crippen LogP contribution in [0, 0.1) is 6.92 Å². The summed E-state index contributed by atoms with van der Waals surface area (Å²) in [6, 6.07) is 1.73. The molecule has 1 heterocycles. The van der Waals surface area contributed by atoms with E-state index in [1.165, 1.54) is 6.20 Å². The molecule has 4 heteroatoms. The first-order valence-electron chi connectivity index (χ1n) is 2.47. The van der Waals surface area contributed by atoms with E-state index in [2.05, 4.69) is 15.1 Å². The molecule has 0 atom stereocenters. The molecule has 0 saturated heterocycles. The van der Waals surface area contributed by atoms with Crippen molar-refractivity contribution in [1.82, 2.24) is 15.5 Å². The number of aryl methyl sites for hydroxylation is 1. The third-order valence-electron chi connectivity index (χ3n) is 0.872. The van der Waals surface area contributed by atoms with Gasteiger partial charge in [-0.25, -0.2) is 9.97 Å². The molecule has 45 valence electrons. The van der Waals surface area contributed by atoms with Crippen LogP contribution in [0.25, 0.3) is 0 Å². The molecule has 0 amide bonds. The van der Waals surface area contributed by atoms with Crippen LogP contribution in [0.4, 0.5) is 5.95 Å². The summed E-state index contributed by atoms with van der Waals surface area (Å²) in [4.78, 5) is 7.39. The Balaban J connectivity index is 3.07. The molecule has 9 heavy (non-hydrogen) atoms. The van der Waals surface area contributed by atoms with Gasteiger partial charge in [0.2, 0.25) is 0 Å². The van der Waals surface area contributed by atoms with Crippen molar-refractivity contribution in [3.8, 4) is 0 Å². The highest BCUT2D eigenvalue weighted by Crippen LogP contribution is 1.99. The minimum Gasteiger partial charge on any atom is -0.218 e. The van der Waals surface area contributed by atoms with E-state index >= 15 is 0 Å². The third-order valence-corrected chi connectivity index (χ3v) is 0.872. The van der Waals surface area contributed by atoms with Gasteiger partial charge >= 0.3 is 0 Å². The first-order chi connectivity index (χ1) is 4.33. The summed E-state index contributed by atoms with van der Waals surface area (Å²) in [5.41, 5.74) is 8.95. The summed E-state index contributed by atoms with van der Waals surface area (Å²) in [7, 11) is 0. The smallest absolute Gasteiger partial charge is 0.218 e. The van der Waals surface area contributed by atoms with Crippen molar-refractivity contribution < 1.29 is 0 Å². The summed E-state index contributed by atoms with van der Waals surface area (Å²) < 4.78 is 0. The molecular weight excluding hydrogens is 116 g/mol. The fourth-order valence-electron chi connectivity index (χ4n) is 0.484. The Morgan fingerprint density at radius 2 is 2.44 bits per heavy atom. The van der Waals surface area contributed by atoms with E-state index in [1.54, 1.807) is 13.0 Å². The first kappa shape index (κ1) is 5.81. The van der Waals surface area contributed by atoms with Crippen molar-refractivity contribution in [3.63, 3.8) is 0 Å². The van der Waals surface area contributed by atoms with Crippen LogP contribution < -0.4 is 5.53 Å². The molecule has 0 unspecified atom stereocenters. The number of nitrogens with zero attached hydrogens (tertiary/aromatic N) is 4. The standard InChI is InChI=1S/C5H5N4/c1-4-2-3-7-5(8-4)9-6/h2-3H,1H3. The van der Waals surface area contributed by atoms with E-state index in [-0.39, 0.29) is 5.95 Å². The van der Waals surface area contributed by atoms with Crippen LogP contribution in [0.15, 0.2) is 17.4 Å². The Labute approximate surface area is 52.5 Å². The van der Waals surface area contributed by atoms with Gasteiger partial charge in [0.1, 0.15) is 0 Å². The molecule has 0 saturated carbocycles. The lowest BCUT2D eigenvalue weighted by atomic mass is 10.5. The normalized spacial score (nSPS) is 9.00. The largest absolute Gasteiger partial charge is 0.270 e. The maximum absolute atomic E-state index is 8.16. The monoisotopic (exact) mass is 121 g/mol. The Bertz CT molecular complexity index is 220. The zero-order valence-corrected chi connectivity index (χ0v) is 4.94. The Morgan fingerprint density at radius 1 is 1.67 bits per heavy atom. The summed E-state index contributed by atoms with van der Waals surface area (Å²) in [6.45, 7) is 1.80. The molecule has 0 bridgehead atoms. The van der Waals surface area contributed by atoms with Crippen molar-refractivity contribution >= 4 is 5.95 Å². The van der Waals surface area contributed by atoms with Crippen LogP contribution in [0.3, 0.4) is 0 Å². The maximum atomic E-state index is 8.16. The summed E-state index contributed by atoms with van der Waals surface area (Å²) in [5.74, 6) is 0.106. The number of hydrogen-bond donors (Lipinski definition) is 0. The first-order valence-corrected chi connectivity index (χ1v) is 2.47. The minimum atomic E-state index is 0.106. The van der Waals surface area contributed by atoms with Crippen LogP contribution >= 0.6 is 0 Å². The lowest BCUT2D eigenvalue weighted by Crippen LogP contribution is -1.82. The second-order valence-electron chi connectivity index (χ2n) is 1.60. The fraction of sp³-hybridized carbons (Fsp3) is 0.200. The molecule has 1 aromatic rings. The van der Waals surface area contributed by atoms with E-state index in [9.17, 15) is 0 Å². The van der Waals surface area contributed by atoms with E-state index in [4.69, 9.17) is 5.53 Å². The van der Waals surface area contributed by atoms with Crippen molar-refractivity contribution in [3.05, 3.63) is 18.0 Å². The second-order valence-corrected chi connectivity index (χ2v) is 1.60. The molecule has 0 aliphatic heterocycles. The molecule has 1 aromatic heterocycles. The number of aromatic nitrogens is 2. The molecule has 1 radical (unpaired) electrons. The zero-order chi connectivity index (χ0) is 6.69. The molecule has 4 nitrogen and oxygen atoms in total. The molecule has 0 fully saturated rings. The van der Waals surface area contributed by atoms with Crippen molar-refractivity contribution in [2.45, 2.75) is 6.92 Å². The van der Waals surface area contributed by atoms with Crippen LogP contribution in [-0.2, 0) is 0 Å². The SMILES string of the molecule is Cc1ccnc(N=[N])n1. The molecule has 0 aliphatic carbocycles. The summed E-state index contributed by atoms with van der Waals surface area (Å²) in [6.07, 6.45) is 1.54. The zero-order valence-electron chi connectivity index (χ0n) is 4.94. The molecule has 0 N–H and O–H groups in total. The maximum Gasteiger partial charge on any atom is 0.270 e. The van der Waals surface area contributed by atoms with Gasteiger partial charge in [0, 0.05) is 11.9 Å². The van der Waals surface area contributed by atoms with Crippen LogP contribution in [0.5, 0.6) is 0 Å². The Hall–Kier alpha value is -1.32. The average Bonchev–Trinajstić information content (AvgIpc) is 1.88. The van der Waals surface area contributed by atoms with E-state index < -0.39 is 0 Å². The van der Waals surface area contributed by atoms with Crippen LogP contribution in [0.2, 0.25) is 0 Å². The van der Waals surface area contributed by atoms with E-state index in [1.807, 2.05) is 0 Å². The number of hydrogen-bond acceptors (Lipinski definition) is 3. The van der Waals surface area contributed by atoms with Gasteiger partial charge in [-0.05, 0) is 18.5 Å². The van der Waals surface area contributed by atoms with Gasteiger partial charge in [-0.15, -0.1) is 0 Å². The van der Waals surface area contributed by atoms with Gasteiger partial charge in [0.05, 0.1) is 0 Å². The van der Waals surface area contributed by atoms with Crippen molar-refractivity contribution in [1.29, 1.82) is 0 Å². The topological polar surface area (TPSA) is 60.4 Å². The molecule has 1 rings (SSSR count). The van der Waals surface area contributed by atoms with Crippen molar-refractivity contribution in [2.24, 2.45) is 5.11 Å². The molecule has 0 aliphatic rings. The lowest BCUT2D eigenvalue weighted by Gasteiger charge is -1.88. The third kappa shape index (κ3) is 1.28. The van der Waals surface area contributed by atoms with Gasteiger partial charge in [-0.2, -0.15) is 0 Å². The highest BCUT2D eigenvalue weighted by molar-refractivity contribution is 5.14. The number of rotatable bonds is 1. The van der Waals surface area contributed by atoms with Gasteiger partial charge in [0.25, 0.3) is 5.95 Å². The minimum absolute atomic E-state index is 0.106. The summed E-state index contributed by atoms with van der Waals surface area (Å²) >= 11 is 0. The second kappa shape index (κ2) is 2.30. The molecule has 0 aromatic carbocycles. The van der Waals surface area contributed by atoms with E-state index in [0.717, 1.165) is 5.69 Å². The predicted molar refractivity (Wildman–Crippen MR) is 31.0 cm³/mol. The Kier molecular flexibility index (Phi) is 1.48. The van der Waals surface area contributed by atoms with Crippen LogP contribution in [-0.4, -0.2) is 9.97 Å². The van der Waals surface area contributed by atoms with Gasteiger partial charge in [-0.3, -0.25) is 0 Å². The molecular formula is C5H5N4. The highest BCUT2D eigenvalue weighted by atomic mass is 15.1. The van der Waals surface area contributed by atoms with Gasteiger partial charge < -0.3 is 0 Å². The summed E-state index contributed by atoms with van der Waals surface area (Å²) in [5, 5.41) is 2.81. The predicted octanol–water partition coefficient (Wildman–Crippen LogP) is 0.669. The Morgan fingerprint density at radius 3 is 2.89 bits per heavy atom. The average molecular weight is 121 g/mol. The fourth-order valence-corrected chi connectivity index (χ4v) is 0.484. The highest BCUT2D eigenvalue weighted by Gasteiger charge is 1.89. The van der Waals surface area contributed by atoms with Gasteiger partial charge in [-0.1, -0.05) is 5.11 Å². The van der Waals surface area contributed by atoms with Crippen molar-refractivity contribution in [2.75, 3.05) is 0 Å². The molecule has 0 spiro atoms.